The predicted octanol–water partition coefficient (Wildman–Crippen LogP) is 8.38. The summed E-state index contributed by atoms with van der Waals surface area (Å²) >= 11 is 5.15. The number of carbonyl (C=O) groups is 1. The smallest absolute Gasteiger partial charge is 0.0406 e. The first-order valence-electron chi connectivity index (χ1n) is 21.3. The van der Waals surface area contributed by atoms with Gasteiger partial charge in [-0.25, -0.2) is 4.98 Å². The van der Waals surface area contributed by atoms with Crippen molar-refractivity contribution in [2.75, 3.05) is 50.8 Å². The number of nitrogens with one attached hydrogen (secondary N) is 2. The maximum atomic E-state index is 14.0. The molecule has 3 aromatic carbocycles. The van der Waals surface area contributed by atoms with Crippen LogP contribution in [-0.2, 0) is 24.6 Å². The number of hydrogen-bond donors (Lipinski definition) is 2. The molecule has 345 valence electrons. The first kappa shape index (κ1) is 47.1. The minimum atomic E-state index is -5.94. The van der Waals surface area contributed by atoms with Crippen LogP contribution in [0.5, 0.6) is 11.5 Å². The molecule has 19 heteroatoms. The van der Waals surface area contributed by atoms with E-state index in [0.29, 0.717) is 61.1 Å². The number of nitrogens with zero attached hydrogens (tertiary/aromatic N) is 3. The molecule has 2 fully saturated rings. The Morgan fingerprint density at radius 3 is 2.45 bits per heavy atom. The second kappa shape index (κ2) is 19.1. The molecule has 1 amide bonds. The second-order valence-electron chi connectivity index (χ2n) is 17.5. The summed E-state index contributed by atoms with van der Waals surface area (Å²) in [6.45, 7) is 9.28. The summed E-state index contributed by atoms with van der Waals surface area (Å²) < 4.78 is 109. The van der Waals surface area contributed by atoms with E-state index >= 15 is 0 Å². The average molecular weight is 1020 g/mol. The second-order valence-corrected chi connectivity index (χ2v) is 23.9. The quantitative estimate of drug-likeness (QED) is 0.110. The van der Waals surface area contributed by atoms with Crippen molar-refractivity contribution >= 4 is 79.8 Å². The molecule has 1 aliphatic carbocycles. The summed E-state index contributed by atoms with van der Waals surface area (Å²) in [7, 11) is -10.9. The Morgan fingerprint density at radius 2 is 1.72 bits per heavy atom. The molecule has 5 aromatic rings. The van der Waals surface area contributed by atoms with Gasteiger partial charge in [-0.05, 0) is 54.0 Å². The third kappa shape index (κ3) is 10.9. The molecule has 2 aromatic heterocycles. The number of hydrogen-bond acceptors (Lipinski definition) is 10. The van der Waals surface area contributed by atoms with Crippen LogP contribution in [0, 0.1) is 11.3 Å². The minimum absolute atomic E-state index is 0.00439. The van der Waals surface area contributed by atoms with Gasteiger partial charge in [-0.1, -0.05) is 43.2 Å². The molecule has 4 heterocycles. The molecule has 0 bridgehead atoms. The van der Waals surface area contributed by atoms with Crippen molar-refractivity contribution in [3.63, 3.8) is 0 Å². The molecule has 0 unspecified atom stereocenters. The zero-order valence-corrected chi connectivity index (χ0v) is 40.1. The monoisotopic (exact) mass is 1010 g/mol. The van der Waals surface area contributed by atoms with E-state index in [1.54, 1.807) is 30.5 Å². The van der Waals surface area contributed by atoms with Crippen molar-refractivity contribution in [1.82, 2.24) is 19.6 Å². The van der Waals surface area contributed by atoms with Crippen LogP contribution < -0.4 is 18.7 Å². The zero-order valence-electron chi connectivity index (χ0n) is 35.8. The van der Waals surface area contributed by atoms with Crippen LogP contribution in [0.1, 0.15) is 61.9 Å². The summed E-state index contributed by atoms with van der Waals surface area (Å²) in [5, 5.41) is 1.90. The van der Waals surface area contributed by atoms with Crippen LogP contribution >= 0.6 is 11.6 Å². The molecule has 8 rings (SSSR count). The average Bonchev–Trinajstić information content (AvgIpc) is 3.75. The molecular formula is C46H49AsClF3N5O7S2. The number of pyridine rings is 1. The molecule has 0 atom stereocenters. The largest absolute Gasteiger partial charge is 0.0843 e. The molecule has 0 saturated carbocycles. The van der Waals surface area contributed by atoms with Gasteiger partial charge in [0.15, 0.2) is 0 Å². The third-order valence-electron chi connectivity index (χ3n) is 12.3. The first-order valence-corrected chi connectivity index (χ1v) is 26.9. The molecule has 3 aliphatic rings. The molecule has 0 spiro atoms. The summed E-state index contributed by atoms with van der Waals surface area (Å²) in [4.78, 5) is 24.0. The molecule has 65 heavy (non-hydrogen) atoms. The van der Waals surface area contributed by atoms with Crippen molar-refractivity contribution in [3.8, 4) is 11.5 Å². The van der Waals surface area contributed by atoms with Gasteiger partial charge >= 0.3 is 224 Å². The minimum Gasteiger partial charge on any atom is -0.0843 e. The van der Waals surface area contributed by atoms with E-state index in [9.17, 15) is 34.8 Å². The van der Waals surface area contributed by atoms with Crippen LogP contribution in [0.25, 0.3) is 16.6 Å². The van der Waals surface area contributed by atoms with Crippen molar-refractivity contribution in [2.45, 2.75) is 66.5 Å². The molecular weight excluding hydrogens is 966 g/mol. The number of H-pyrrole nitrogens is 1. The number of halogens is 4. The molecule has 2 aliphatic heterocycles. The number of carbonyl (C=O) groups excluding carboxylic acids is 1. The van der Waals surface area contributed by atoms with Gasteiger partial charge in [0.25, 0.3) is 0 Å². The van der Waals surface area contributed by atoms with Crippen molar-refractivity contribution in [1.29, 1.82) is 0 Å². The Kier molecular flexibility index (Phi) is 13.8. The number of amides is 1. The third-order valence-corrected chi connectivity index (χ3v) is 18.7. The Labute approximate surface area is 388 Å². The molecule has 2 N–H and O–H groups in total. The summed E-state index contributed by atoms with van der Waals surface area (Å²) in [5.41, 5.74) is -0.368. The van der Waals surface area contributed by atoms with Gasteiger partial charge in [-0.2, -0.15) is 0 Å². The zero-order chi connectivity index (χ0) is 46.1. The van der Waals surface area contributed by atoms with Gasteiger partial charge in [0.1, 0.15) is 5.65 Å². The van der Waals surface area contributed by atoms with E-state index in [2.05, 4.69) is 45.7 Å². The number of sulfone groups is 1. The van der Waals surface area contributed by atoms with E-state index in [4.69, 9.17) is 21.1 Å². The van der Waals surface area contributed by atoms with E-state index in [1.807, 2.05) is 16.9 Å². The maximum Gasteiger partial charge on any atom is 0.0406 e. The van der Waals surface area contributed by atoms with Gasteiger partial charge in [0.05, 0.1) is 0 Å². The summed E-state index contributed by atoms with van der Waals surface area (Å²) in [5.74, 6) is -0.724. The van der Waals surface area contributed by atoms with Gasteiger partial charge < -0.3 is 4.98 Å². The number of piperazine rings is 1. The van der Waals surface area contributed by atoms with Gasteiger partial charge in [0, 0.05) is 49.3 Å². The normalized spacial score (nSPS) is 18.2. The SMILES string of the molecule is CC1(C)CCC(CN2CCN(c3ccc(C(=O)NS(=O)(=O)c4ccc([As]CC5CCOCC5)c(S(=O)(=O)C(F)(F)F)c4)c(Oc4cnc5[nH]ccc5c4)c3)CC2)=C(c2ccc(Cl)cc2)C1. The van der Waals surface area contributed by atoms with E-state index in [0.717, 1.165) is 62.1 Å². The van der Waals surface area contributed by atoms with Crippen LogP contribution in [0.4, 0.5) is 18.9 Å². The Bertz CT molecular complexity index is 2830. The topological polar surface area (TPSA) is 151 Å². The number of aromatic nitrogens is 2. The molecule has 1 radical (unpaired) electrons. The van der Waals surface area contributed by atoms with Crippen LogP contribution in [0.3, 0.4) is 0 Å². The number of anilines is 1. The fourth-order valence-electron chi connectivity index (χ4n) is 8.50. The summed E-state index contributed by atoms with van der Waals surface area (Å²) in [6.07, 6.45) is 7.64. The number of sulfonamides is 1. The summed E-state index contributed by atoms with van der Waals surface area (Å²) in [6, 6.07) is 18.9. The van der Waals surface area contributed by atoms with Crippen LogP contribution in [0.15, 0.2) is 101 Å². The van der Waals surface area contributed by atoms with E-state index in [1.165, 1.54) is 29.0 Å². The Morgan fingerprint density at radius 1 is 0.985 bits per heavy atom. The standard InChI is InChI=1S/C46H49AsClF3N5O7S2/c1-45(2)15-11-33(39(26-45)31-3-5-34(48)6-4-31)29-55-17-19-56(20-18-55)35-7-9-38(41(24-35)63-36-23-32-12-16-52-43(32)53-28-36)44(57)54-65(60,61)37-8-10-40(47-27-30-13-21-62-22-14-30)42(25-37)64(58,59)46(49,50)51/h3-10,12,16,23-25,28,30H,11,13-15,17-22,26-27,29H2,1-2H3,(H,52,53)(H,54,57). The number of benzene rings is 3. The van der Waals surface area contributed by atoms with Gasteiger partial charge in [0.2, 0.25) is 0 Å². The molecule has 12 nitrogen and oxygen atoms in total. The number of rotatable bonds is 13. The van der Waals surface area contributed by atoms with Crippen molar-refractivity contribution in [2.24, 2.45) is 11.3 Å². The molecule has 2 saturated heterocycles. The van der Waals surface area contributed by atoms with Crippen LogP contribution in [0.2, 0.25) is 10.2 Å². The Balaban J connectivity index is 1.03. The number of ether oxygens (including phenoxy) is 2. The number of allylic oxidation sites excluding steroid dienone is 1. The first-order chi connectivity index (χ1) is 30.8. The van der Waals surface area contributed by atoms with Crippen molar-refractivity contribution in [3.05, 3.63) is 107 Å². The van der Waals surface area contributed by atoms with Crippen LogP contribution in [-0.4, -0.2) is 105 Å². The van der Waals surface area contributed by atoms with E-state index in [-0.39, 0.29) is 32.7 Å². The number of aromatic amines is 1. The van der Waals surface area contributed by atoms with Gasteiger partial charge in [-0.3, -0.25) is 4.90 Å². The number of alkyl halides is 3. The fraction of sp³-hybridized carbons (Fsp3) is 0.391. The van der Waals surface area contributed by atoms with Gasteiger partial charge in [-0.15, -0.1) is 0 Å². The maximum absolute atomic E-state index is 14.0. The number of fused-ring (bicyclic) bond motifs is 1. The Hall–Kier alpha value is -4.38. The van der Waals surface area contributed by atoms with Crippen molar-refractivity contribution < 1.29 is 44.3 Å². The fourth-order valence-corrected chi connectivity index (χ4v) is 14.2. The predicted molar refractivity (Wildman–Crippen MR) is 245 cm³/mol. The van der Waals surface area contributed by atoms with E-state index < -0.39 is 56.8 Å².